The van der Waals surface area contributed by atoms with Crippen LogP contribution in [0.15, 0.2) is 48.0 Å². The van der Waals surface area contributed by atoms with Crippen molar-refractivity contribution in [2.24, 2.45) is 0 Å². The molecule has 0 atom stereocenters. The average Bonchev–Trinajstić information content (AvgIpc) is 2.71. The van der Waals surface area contributed by atoms with Gasteiger partial charge in [-0.05, 0) is 42.5 Å². The van der Waals surface area contributed by atoms with E-state index < -0.39 is 17.8 Å². The van der Waals surface area contributed by atoms with E-state index in [0.29, 0.717) is 28.5 Å². The van der Waals surface area contributed by atoms with Gasteiger partial charge < -0.3 is 14.2 Å². The number of rotatable bonds is 5. The Morgan fingerprint density at radius 3 is 2.11 bits per heavy atom. The number of urea groups is 1. The van der Waals surface area contributed by atoms with Crippen LogP contribution in [0.25, 0.3) is 6.08 Å². The van der Waals surface area contributed by atoms with E-state index >= 15 is 0 Å². The minimum absolute atomic E-state index is 0.195. The summed E-state index contributed by atoms with van der Waals surface area (Å²) >= 11 is 0. The highest BCUT2D eigenvalue weighted by Gasteiger charge is 2.37. The van der Waals surface area contributed by atoms with Gasteiger partial charge in [0.1, 0.15) is 22.8 Å². The summed E-state index contributed by atoms with van der Waals surface area (Å²) in [7, 11) is 4.49. The summed E-state index contributed by atoms with van der Waals surface area (Å²) in [6.07, 6.45) is 1.37. The van der Waals surface area contributed by atoms with Gasteiger partial charge in [0.2, 0.25) is 0 Å². The van der Waals surface area contributed by atoms with E-state index in [1.807, 2.05) is 0 Å². The average molecular weight is 382 g/mol. The Balaban J connectivity index is 2.01. The summed E-state index contributed by atoms with van der Waals surface area (Å²) in [4.78, 5) is 38.3. The number of carbonyl (C=O) groups is 3. The summed E-state index contributed by atoms with van der Waals surface area (Å²) in [6, 6.07) is 10.5. The molecule has 0 aliphatic carbocycles. The molecule has 1 aliphatic rings. The molecule has 0 unspecified atom stereocenters. The van der Waals surface area contributed by atoms with Crippen LogP contribution in [0.4, 0.5) is 10.5 Å². The third kappa shape index (κ3) is 3.52. The third-order valence-corrected chi connectivity index (χ3v) is 4.17. The summed E-state index contributed by atoms with van der Waals surface area (Å²) < 4.78 is 15.5. The SMILES string of the molecule is COc1ccc(N2C(=O)NC(=O)/C(=C/c3ccc(OC)cc3OC)C2=O)cc1. The van der Waals surface area contributed by atoms with Gasteiger partial charge in [-0.15, -0.1) is 0 Å². The molecule has 2 aromatic rings. The number of benzene rings is 2. The molecule has 0 spiro atoms. The highest BCUT2D eigenvalue weighted by Crippen LogP contribution is 2.29. The second kappa shape index (κ2) is 7.83. The van der Waals surface area contributed by atoms with Crippen molar-refractivity contribution in [3.8, 4) is 17.2 Å². The molecule has 1 saturated heterocycles. The predicted octanol–water partition coefficient (Wildman–Crippen LogP) is 2.38. The second-order valence-corrected chi connectivity index (χ2v) is 5.76. The van der Waals surface area contributed by atoms with E-state index in [1.54, 1.807) is 42.5 Å². The molecule has 1 heterocycles. The summed E-state index contributed by atoms with van der Waals surface area (Å²) in [5.74, 6) is 0.0339. The molecule has 1 N–H and O–H groups in total. The number of ether oxygens (including phenoxy) is 3. The van der Waals surface area contributed by atoms with Crippen LogP contribution in [0.5, 0.6) is 17.2 Å². The fourth-order valence-electron chi connectivity index (χ4n) is 2.72. The minimum Gasteiger partial charge on any atom is -0.497 e. The Bertz CT molecular complexity index is 965. The van der Waals surface area contributed by atoms with E-state index in [0.717, 1.165) is 4.90 Å². The molecule has 1 aliphatic heterocycles. The zero-order valence-corrected chi connectivity index (χ0v) is 15.5. The minimum atomic E-state index is -0.820. The maximum Gasteiger partial charge on any atom is 0.335 e. The molecule has 0 aromatic heterocycles. The van der Waals surface area contributed by atoms with Crippen molar-refractivity contribution >= 4 is 29.6 Å². The van der Waals surface area contributed by atoms with Gasteiger partial charge in [0.05, 0.1) is 27.0 Å². The smallest absolute Gasteiger partial charge is 0.335 e. The number of barbiturate groups is 1. The van der Waals surface area contributed by atoms with Crippen LogP contribution in [-0.2, 0) is 9.59 Å². The molecule has 8 nitrogen and oxygen atoms in total. The number of hydrogen-bond acceptors (Lipinski definition) is 6. The largest absolute Gasteiger partial charge is 0.497 e. The van der Waals surface area contributed by atoms with Crippen molar-refractivity contribution in [3.63, 3.8) is 0 Å². The first-order valence-electron chi connectivity index (χ1n) is 8.26. The molecule has 0 bridgehead atoms. The van der Waals surface area contributed by atoms with Crippen molar-refractivity contribution in [1.29, 1.82) is 0 Å². The monoisotopic (exact) mass is 382 g/mol. The highest BCUT2D eigenvalue weighted by atomic mass is 16.5. The normalized spacial score (nSPS) is 15.5. The van der Waals surface area contributed by atoms with Crippen LogP contribution in [0, 0.1) is 0 Å². The Labute approximate surface area is 161 Å². The van der Waals surface area contributed by atoms with E-state index in [4.69, 9.17) is 14.2 Å². The molecule has 3 rings (SSSR count). The Morgan fingerprint density at radius 2 is 1.50 bits per heavy atom. The van der Waals surface area contributed by atoms with Gasteiger partial charge in [0, 0.05) is 11.6 Å². The van der Waals surface area contributed by atoms with Crippen molar-refractivity contribution in [3.05, 3.63) is 53.6 Å². The first kappa shape index (κ1) is 19.0. The molecule has 4 amide bonds. The van der Waals surface area contributed by atoms with Crippen LogP contribution in [0.2, 0.25) is 0 Å². The zero-order chi connectivity index (χ0) is 20.3. The standard InChI is InChI=1S/C20H18N2O6/c1-26-14-8-5-13(6-9-14)22-19(24)16(18(23)21-20(22)25)10-12-4-7-15(27-2)11-17(12)28-3/h4-11H,1-3H3,(H,21,23,25)/b16-10-. The maximum absolute atomic E-state index is 12.9. The van der Waals surface area contributed by atoms with E-state index in [1.165, 1.54) is 27.4 Å². The number of carbonyl (C=O) groups excluding carboxylic acids is 3. The van der Waals surface area contributed by atoms with Gasteiger partial charge in [-0.1, -0.05) is 0 Å². The van der Waals surface area contributed by atoms with Crippen LogP contribution >= 0.6 is 0 Å². The fraction of sp³-hybridized carbons (Fsp3) is 0.150. The van der Waals surface area contributed by atoms with E-state index in [-0.39, 0.29) is 5.57 Å². The van der Waals surface area contributed by atoms with Gasteiger partial charge in [-0.2, -0.15) is 0 Å². The van der Waals surface area contributed by atoms with Crippen LogP contribution < -0.4 is 24.4 Å². The van der Waals surface area contributed by atoms with Crippen LogP contribution in [-0.4, -0.2) is 39.2 Å². The number of amides is 4. The summed E-state index contributed by atoms with van der Waals surface area (Å²) in [5.41, 5.74) is 0.605. The topological polar surface area (TPSA) is 94.2 Å². The number of nitrogens with one attached hydrogen (secondary N) is 1. The molecule has 2 aromatic carbocycles. The lowest BCUT2D eigenvalue weighted by atomic mass is 10.1. The molecular weight excluding hydrogens is 364 g/mol. The number of imide groups is 2. The number of methoxy groups -OCH3 is 3. The molecular formula is C20H18N2O6. The Kier molecular flexibility index (Phi) is 5.30. The number of anilines is 1. The lowest BCUT2D eigenvalue weighted by Crippen LogP contribution is -2.54. The Morgan fingerprint density at radius 1 is 0.857 bits per heavy atom. The third-order valence-electron chi connectivity index (χ3n) is 4.17. The van der Waals surface area contributed by atoms with Gasteiger partial charge in [-0.3, -0.25) is 14.9 Å². The van der Waals surface area contributed by atoms with Gasteiger partial charge in [0.25, 0.3) is 11.8 Å². The van der Waals surface area contributed by atoms with Crippen LogP contribution in [0.1, 0.15) is 5.56 Å². The van der Waals surface area contributed by atoms with Gasteiger partial charge in [-0.25, -0.2) is 9.69 Å². The highest BCUT2D eigenvalue weighted by molar-refractivity contribution is 6.39. The quantitative estimate of drug-likeness (QED) is 0.630. The predicted molar refractivity (Wildman–Crippen MR) is 102 cm³/mol. The van der Waals surface area contributed by atoms with Crippen molar-refractivity contribution in [1.82, 2.24) is 5.32 Å². The summed E-state index contributed by atoms with van der Waals surface area (Å²) in [6.45, 7) is 0. The van der Waals surface area contributed by atoms with Crippen molar-refractivity contribution in [2.45, 2.75) is 0 Å². The molecule has 144 valence electrons. The van der Waals surface area contributed by atoms with E-state index in [9.17, 15) is 14.4 Å². The molecule has 28 heavy (non-hydrogen) atoms. The lowest BCUT2D eigenvalue weighted by Gasteiger charge is -2.26. The lowest BCUT2D eigenvalue weighted by molar-refractivity contribution is -0.122. The van der Waals surface area contributed by atoms with Crippen molar-refractivity contribution in [2.75, 3.05) is 26.2 Å². The Hall–Kier alpha value is -3.81. The van der Waals surface area contributed by atoms with Gasteiger partial charge in [0.15, 0.2) is 0 Å². The van der Waals surface area contributed by atoms with Crippen molar-refractivity contribution < 1.29 is 28.6 Å². The molecule has 8 heteroatoms. The maximum atomic E-state index is 12.9. The number of nitrogens with zero attached hydrogens (tertiary/aromatic N) is 1. The number of hydrogen-bond donors (Lipinski definition) is 1. The molecule has 0 radical (unpaired) electrons. The molecule has 1 fully saturated rings. The molecule has 0 saturated carbocycles. The fourth-order valence-corrected chi connectivity index (χ4v) is 2.72. The van der Waals surface area contributed by atoms with E-state index in [2.05, 4.69) is 5.32 Å². The first-order valence-corrected chi connectivity index (χ1v) is 8.26. The van der Waals surface area contributed by atoms with Gasteiger partial charge >= 0.3 is 6.03 Å². The zero-order valence-electron chi connectivity index (χ0n) is 15.5. The first-order chi connectivity index (χ1) is 13.5. The second-order valence-electron chi connectivity index (χ2n) is 5.76. The summed E-state index contributed by atoms with van der Waals surface area (Å²) in [5, 5.41) is 2.18. The van der Waals surface area contributed by atoms with Crippen LogP contribution in [0.3, 0.4) is 0 Å².